The van der Waals surface area contributed by atoms with Gasteiger partial charge in [0.25, 0.3) is 5.60 Å². The van der Waals surface area contributed by atoms with Gasteiger partial charge >= 0.3 is 5.97 Å². The maximum Gasteiger partial charge on any atom is 0.358 e. The second kappa shape index (κ2) is 5.87. The summed E-state index contributed by atoms with van der Waals surface area (Å²) in [5, 5.41) is 0.544. The minimum Gasteiger partial charge on any atom is -0.468 e. The Labute approximate surface area is 111 Å². The van der Waals surface area contributed by atoms with Gasteiger partial charge in [-0.25, -0.2) is 4.79 Å². The molecule has 0 aliphatic rings. The summed E-state index contributed by atoms with van der Waals surface area (Å²) in [5.41, 5.74) is -1.64. The number of Topliss-reactive ketones (excluding diaryl/α,β-unsaturated/α-hetero) is 1. The summed E-state index contributed by atoms with van der Waals surface area (Å²) in [5.74, 6) is -0.742. The third-order valence-electron chi connectivity index (χ3n) is 2.47. The van der Waals surface area contributed by atoms with Gasteiger partial charge in [-0.05, 0) is 45.0 Å². The van der Waals surface area contributed by atoms with Crippen LogP contribution in [0.4, 0.5) is 0 Å². The van der Waals surface area contributed by atoms with Crippen LogP contribution in [-0.4, -0.2) is 24.0 Å². The zero-order valence-corrected chi connectivity index (χ0v) is 11.3. The van der Waals surface area contributed by atoms with Gasteiger partial charge in [0, 0.05) is 5.02 Å². The SMILES string of the molecule is CCOC(=O)C(C)(Oc1ccc(Cl)cc1)C(C)=O. The van der Waals surface area contributed by atoms with E-state index < -0.39 is 17.4 Å². The van der Waals surface area contributed by atoms with Crippen molar-refractivity contribution < 1.29 is 19.1 Å². The number of halogens is 1. The molecule has 18 heavy (non-hydrogen) atoms. The molecule has 4 nitrogen and oxygen atoms in total. The van der Waals surface area contributed by atoms with Crippen LogP contribution in [0.15, 0.2) is 24.3 Å². The number of benzene rings is 1. The first-order valence-electron chi connectivity index (χ1n) is 5.53. The number of ketones is 1. The zero-order chi connectivity index (χ0) is 13.8. The van der Waals surface area contributed by atoms with Crippen molar-refractivity contribution in [1.29, 1.82) is 0 Å². The van der Waals surface area contributed by atoms with E-state index in [4.69, 9.17) is 21.1 Å². The van der Waals surface area contributed by atoms with Gasteiger partial charge < -0.3 is 9.47 Å². The molecule has 0 spiro atoms. The van der Waals surface area contributed by atoms with E-state index in [9.17, 15) is 9.59 Å². The van der Waals surface area contributed by atoms with Crippen LogP contribution in [0.2, 0.25) is 5.02 Å². The molecule has 0 aromatic heterocycles. The highest BCUT2D eigenvalue weighted by atomic mass is 35.5. The van der Waals surface area contributed by atoms with E-state index in [2.05, 4.69) is 0 Å². The van der Waals surface area contributed by atoms with Crippen molar-refractivity contribution in [3.05, 3.63) is 29.3 Å². The molecule has 0 amide bonds. The average molecular weight is 271 g/mol. The van der Waals surface area contributed by atoms with Crippen LogP contribution in [0.5, 0.6) is 5.75 Å². The maximum absolute atomic E-state index is 11.8. The Morgan fingerprint density at radius 1 is 1.28 bits per heavy atom. The third-order valence-corrected chi connectivity index (χ3v) is 2.72. The molecule has 0 heterocycles. The Morgan fingerprint density at radius 3 is 2.28 bits per heavy atom. The molecule has 5 heteroatoms. The van der Waals surface area contributed by atoms with E-state index >= 15 is 0 Å². The number of rotatable bonds is 5. The Balaban J connectivity index is 2.96. The Kier molecular flexibility index (Phi) is 4.73. The van der Waals surface area contributed by atoms with Gasteiger partial charge in [0.05, 0.1) is 6.61 Å². The van der Waals surface area contributed by atoms with E-state index in [0.717, 1.165) is 0 Å². The second-order valence-corrected chi connectivity index (χ2v) is 4.30. The summed E-state index contributed by atoms with van der Waals surface area (Å²) in [6.45, 7) is 4.53. The highest BCUT2D eigenvalue weighted by Crippen LogP contribution is 2.22. The monoisotopic (exact) mass is 270 g/mol. The lowest BCUT2D eigenvalue weighted by molar-refractivity contribution is -0.164. The lowest BCUT2D eigenvalue weighted by Crippen LogP contribution is -2.49. The fraction of sp³-hybridized carbons (Fsp3) is 0.385. The molecule has 0 saturated heterocycles. The average Bonchev–Trinajstić information content (AvgIpc) is 2.32. The molecule has 1 rings (SSSR count). The molecule has 0 bridgehead atoms. The van der Waals surface area contributed by atoms with Crippen LogP contribution in [0.3, 0.4) is 0 Å². The molecule has 1 aromatic rings. The fourth-order valence-electron chi connectivity index (χ4n) is 1.26. The first-order chi connectivity index (χ1) is 8.40. The first-order valence-corrected chi connectivity index (χ1v) is 5.90. The van der Waals surface area contributed by atoms with Gasteiger partial charge in [-0.3, -0.25) is 4.79 Å². The number of esters is 1. The predicted molar refractivity (Wildman–Crippen MR) is 67.8 cm³/mol. The summed E-state index contributed by atoms with van der Waals surface area (Å²) in [4.78, 5) is 23.4. The van der Waals surface area contributed by atoms with E-state index in [1.54, 1.807) is 31.2 Å². The topological polar surface area (TPSA) is 52.6 Å². The van der Waals surface area contributed by atoms with Crippen molar-refractivity contribution in [2.45, 2.75) is 26.4 Å². The molecular weight excluding hydrogens is 256 g/mol. The lowest BCUT2D eigenvalue weighted by atomic mass is 10.0. The molecule has 0 radical (unpaired) electrons. The van der Waals surface area contributed by atoms with Gasteiger partial charge in [-0.1, -0.05) is 11.6 Å². The van der Waals surface area contributed by atoms with Crippen LogP contribution in [-0.2, 0) is 14.3 Å². The van der Waals surface area contributed by atoms with Crippen LogP contribution in [0.25, 0.3) is 0 Å². The molecule has 1 aromatic carbocycles. The smallest absolute Gasteiger partial charge is 0.358 e. The summed E-state index contributed by atoms with van der Waals surface area (Å²) in [6, 6.07) is 6.40. The number of hydrogen-bond acceptors (Lipinski definition) is 4. The van der Waals surface area contributed by atoms with Crippen molar-refractivity contribution in [2.24, 2.45) is 0 Å². The maximum atomic E-state index is 11.8. The van der Waals surface area contributed by atoms with Gasteiger partial charge in [0.1, 0.15) is 5.75 Å². The Bertz CT molecular complexity index is 441. The summed E-state index contributed by atoms with van der Waals surface area (Å²) >= 11 is 5.74. The van der Waals surface area contributed by atoms with Gasteiger partial charge in [-0.15, -0.1) is 0 Å². The molecule has 0 aliphatic carbocycles. The van der Waals surface area contributed by atoms with Crippen molar-refractivity contribution in [2.75, 3.05) is 6.61 Å². The number of hydrogen-bond donors (Lipinski definition) is 0. The zero-order valence-electron chi connectivity index (χ0n) is 10.5. The van der Waals surface area contributed by atoms with Crippen LogP contribution in [0.1, 0.15) is 20.8 Å². The molecule has 0 saturated carbocycles. The minimum atomic E-state index is -1.64. The van der Waals surface area contributed by atoms with Crippen LogP contribution < -0.4 is 4.74 Å². The lowest BCUT2D eigenvalue weighted by Gasteiger charge is -2.25. The molecule has 0 N–H and O–H groups in total. The van der Waals surface area contributed by atoms with Crippen LogP contribution >= 0.6 is 11.6 Å². The number of ether oxygens (including phenoxy) is 2. The largest absolute Gasteiger partial charge is 0.468 e. The van der Waals surface area contributed by atoms with E-state index in [0.29, 0.717) is 10.8 Å². The summed E-state index contributed by atoms with van der Waals surface area (Å²) in [7, 11) is 0. The number of carbonyl (C=O) groups is 2. The minimum absolute atomic E-state index is 0.186. The van der Waals surface area contributed by atoms with Crippen molar-refractivity contribution >= 4 is 23.4 Å². The van der Waals surface area contributed by atoms with E-state index in [-0.39, 0.29) is 6.61 Å². The van der Waals surface area contributed by atoms with Crippen LogP contribution in [0, 0.1) is 0 Å². The standard InChI is InChI=1S/C13H15ClO4/c1-4-17-12(16)13(3,9(2)15)18-11-7-5-10(14)6-8-11/h5-8H,4H2,1-3H3. The van der Waals surface area contributed by atoms with E-state index in [1.165, 1.54) is 13.8 Å². The summed E-state index contributed by atoms with van der Waals surface area (Å²) in [6.07, 6.45) is 0. The molecule has 0 fully saturated rings. The second-order valence-electron chi connectivity index (χ2n) is 3.87. The summed E-state index contributed by atoms with van der Waals surface area (Å²) < 4.78 is 10.3. The predicted octanol–water partition coefficient (Wildman–Crippen LogP) is 2.63. The van der Waals surface area contributed by atoms with Gasteiger partial charge in [0.2, 0.25) is 0 Å². The molecule has 1 unspecified atom stereocenters. The Morgan fingerprint density at radius 2 is 1.83 bits per heavy atom. The number of carbonyl (C=O) groups excluding carboxylic acids is 2. The van der Waals surface area contributed by atoms with Crippen molar-refractivity contribution in [3.63, 3.8) is 0 Å². The molecule has 0 aliphatic heterocycles. The van der Waals surface area contributed by atoms with Gasteiger partial charge in [-0.2, -0.15) is 0 Å². The van der Waals surface area contributed by atoms with Crippen molar-refractivity contribution in [3.8, 4) is 5.75 Å². The quantitative estimate of drug-likeness (QED) is 0.610. The molecular formula is C13H15ClO4. The first kappa shape index (κ1) is 14.5. The molecule has 98 valence electrons. The van der Waals surface area contributed by atoms with Gasteiger partial charge in [0.15, 0.2) is 5.78 Å². The fourth-order valence-corrected chi connectivity index (χ4v) is 1.39. The highest BCUT2D eigenvalue weighted by molar-refractivity contribution is 6.30. The van der Waals surface area contributed by atoms with E-state index in [1.807, 2.05) is 0 Å². The Hall–Kier alpha value is -1.55. The van der Waals surface area contributed by atoms with Crippen molar-refractivity contribution in [1.82, 2.24) is 0 Å². The highest BCUT2D eigenvalue weighted by Gasteiger charge is 2.42. The third kappa shape index (κ3) is 3.23. The molecule has 1 atom stereocenters. The normalized spacial score (nSPS) is 13.6.